The molecule has 1 amide bonds. The molecular weight excluding hydrogens is 224 g/mol. The summed E-state index contributed by atoms with van der Waals surface area (Å²) in [6.45, 7) is 2.94. The van der Waals surface area contributed by atoms with Crippen molar-refractivity contribution in [3.8, 4) is 0 Å². The Labute approximate surface area is 98.6 Å². The summed E-state index contributed by atoms with van der Waals surface area (Å²) in [5.74, 6) is -1.39. The molecule has 1 rings (SSSR count). The van der Waals surface area contributed by atoms with Crippen LogP contribution in [0.4, 0.5) is 0 Å². The van der Waals surface area contributed by atoms with Crippen molar-refractivity contribution in [1.82, 2.24) is 14.9 Å². The van der Waals surface area contributed by atoms with E-state index in [1.54, 1.807) is 11.5 Å². The Morgan fingerprint density at radius 3 is 2.88 bits per heavy atom. The van der Waals surface area contributed by atoms with Gasteiger partial charge in [0.2, 0.25) is 5.91 Å². The monoisotopic (exact) mass is 240 g/mol. The van der Waals surface area contributed by atoms with Crippen LogP contribution in [0.2, 0.25) is 0 Å². The zero-order chi connectivity index (χ0) is 12.8. The Morgan fingerprint density at radius 1 is 1.65 bits per heavy atom. The molecule has 0 aliphatic rings. The number of hydrogen-bond acceptors (Lipinski definition) is 4. The van der Waals surface area contributed by atoms with Crippen molar-refractivity contribution in [3.05, 3.63) is 18.2 Å². The lowest BCUT2D eigenvalue weighted by Crippen LogP contribution is -2.35. The molecular formula is C10H16N4O3. The van der Waals surface area contributed by atoms with Crippen molar-refractivity contribution >= 4 is 11.9 Å². The van der Waals surface area contributed by atoms with Gasteiger partial charge in [0.05, 0.1) is 6.33 Å². The maximum absolute atomic E-state index is 11.4. The first-order valence-electron chi connectivity index (χ1n) is 5.27. The van der Waals surface area contributed by atoms with E-state index in [0.717, 1.165) is 0 Å². The highest BCUT2D eigenvalue weighted by atomic mass is 16.4. The summed E-state index contributed by atoms with van der Waals surface area (Å²) in [4.78, 5) is 25.6. The molecule has 94 valence electrons. The van der Waals surface area contributed by atoms with Gasteiger partial charge in [-0.2, -0.15) is 0 Å². The maximum atomic E-state index is 11.4. The Hall–Kier alpha value is -1.89. The van der Waals surface area contributed by atoms with Crippen LogP contribution in [-0.2, 0) is 11.3 Å². The summed E-state index contributed by atoms with van der Waals surface area (Å²) < 4.78 is 1.61. The highest BCUT2D eigenvalue weighted by Gasteiger charge is 2.10. The number of nitrogens with zero attached hydrogens (tertiary/aromatic N) is 2. The summed E-state index contributed by atoms with van der Waals surface area (Å²) >= 11 is 0. The Kier molecular flexibility index (Phi) is 4.65. The zero-order valence-corrected chi connectivity index (χ0v) is 9.59. The summed E-state index contributed by atoms with van der Waals surface area (Å²) in [6, 6.07) is 0. The lowest BCUT2D eigenvalue weighted by atomic mass is 10.2. The minimum absolute atomic E-state index is 0.00773. The molecule has 1 aromatic rings. The van der Waals surface area contributed by atoms with Crippen molar-refractivity contribution in [3.63, 3.8) is 0 Å². The molecule has 0 radical (unpaired) electrons. The Bertz CT molecular complexity index is 402. The van der Waals surface area contributed by atoms with Crippen LogP contribution in [-0.4, -0.2) is 39.6 Å². The minimum Gasteiger partial charge on any atom is -0.476 e. The van der Waals surface area contributed by atoms with Gasteiger partial charge in [0.25, 0.3) is 0 Å². The van der Waals surface area contributed by atoms with Gasteiger partial charge in [0.1, 0.15) is 0 Å². The zero-order valence-electron chi connectivity index (χ0n) is 9.59. The molecule has 0 fully saturated rings. The molecule has 4 N–H and O–H groups in total. The van der Waals surface area contributed by atoms with E-state index < -0.39 is 5.97 Å². The SMILES string of the molecule is CC(CN)C(=O)NCCn1cnc(C(=O)O)c1. The molecule has 7 heteroatoms. The molecule has 0 aliphatic carbocycles. The van der Waals surface area contributed by atoms with E-state index in [9.17, 15) is 9.59 Å². The third-order valence-electron chi connectivity index (χ3n) is 2.32. The molecule has 1 aromatic heterocycles. The highest BCUT2D eigenvalue weighted by Crippen LogP contribution is 1.96. The molecule has 0 bridgehead atoms. The first-order valence-corrected chi connectivity index (χ1v) is 5.27. The fourth-order valence-electron chi connectivity index (χ4n) is 1.18. The second-order valence-corrected chi connectivity index (χ2v) is 3.73. The molecule has 7 nitrogen and oxygen atoms in total. The van der Waals surface area contributed by atoms with E-state index in [1.807, 2.05) is 0 Å². The number of carboxylic acids is 1. The number of nitrogens with one attached hydrogen (secondary N) is 1. The average molecular weight is 240 g/mol. The van der Waals surface area contributed by atoms with Crippen LogP contribution in [0.5, 0.6) is 0 Å². The summed E-state index contributed by atoms with van der Waals surface area (Å²) in [6.07, 6.45) is 2.84. The van der Waals surface area contributed by atoms with Gasteiger partial charge >= 0.3 is 5.97 Å². The van der Waals surface area contributed by atoms with E-state index >= 15 is 0 Å². The fourth-order valence-corrected chi connectivity index (χ4v) is 1.18. The Balaban J connectivity index is 2.35. The van der Waals surface area contributed by atoms with E-state index in [0.29, 0.717) is 19.6 Å². The number of rotatable bonds is 6. The van der Waals surface area contributed by atoms with Crippen molar-refractivity contribution in [2.45, 2.75) is 13.5 Å². The second-order valence-electron chi connectivity index (χ2n) is 3.73. The molecule has 17 heavy (non-hydrogen) atoms. The molecule has 0 saturated heterocycles. The predicted octanol–water partition coefficient (Wildman–Crippen LogP) is -0.708. The smallest absolute Gasteiger partial charge is 0.356 e. The number of carbonyl (C=O) groups excluding carboxylic acids is 1. The Morgan fingerprint density at radius 2 is 2.35 bits per heavy atom. The van der Waals surface area contributed by atoms with Crippen molar-refractivity contribution in [2.24, 2.45) is 11.7 Å². The van der Waals surface area contributed by atoms with Crippen molar-refractivity contribution < 1.29 is 14.7 Å². The summed E-state index contributed by atoms with van der Waals surface area (Å²) in [7, 11) is 0. The van der Waals surface area contributed by atoms with Gasteiger partial charge in [0, 0.05) is 31.7 Å². The van der Waals surface area contributed by atoms with Crippen LogP contribution in [0.1, 0.15) is 17.4 Å². The number of hydrogen-bond donors (Lipinski definition) is 3. The standard InChI is InChI=1S/C10H16N4O3/c1-7(4-11)9(15)12-2-3-14-5-8(10(16)17)13-6-14/h5-7H,2-4,11H2,1H3,(H,12,15)(H,16,17). The molecule has 0 aliphatic heterocycles. The first-order chi connectivity index (χ1) is 8.04. The topological polar surface area (TPSA) is 110 Å². The van der Waals surface area contributed by atoms with E-state index in [2.05, 4.69) is 10.3 Å². The average Bonchev–Trinajstić information content (AvgIpc) is 2.76. The largest absolute Gasteiger partial charge is 0.476 e. The molecule has 1 unspecified atom stereocenters. The van der Waals surface area contributed by atoms with Gasteiger partial charge in [-0.3, -0.25) is 4.79 Å². The maximum Gasteiger partial charge on any atom is 0.356 e. The number of aromatic nitrogens is 2. The lowest BCUT2D eigenvalue weighted by Gasteiger charge is -2.09. The molecule has 1 heterocycles. The van der Waals surface area contributed by atoms with Crippen molar-refractivity contribution in [2.75, 3.05) is 13.1 Å². The number of carboxylic acid groups (broad SMARTS) is 1. The summed E-state index contributed by atoms with van der Waals surface area (Å²) in [5, 5.41) is 11.4. The van der Waals surface area contributed by atoms with Crippen LogP contribution in [0.25, 0.3) is 0 Å². The first kappa shape index (κ1) is 13.2. The minimum atomic E-state index is -1.07. The van der Waals surface area contributed by atoms with Gasteiger partial charge in [-0.05, 0) is 0 Å². The molecule has 0 spiro atoms. The third kappa shape index (κ3) is 3.87. The van der Waals surface area contributed by atoms with E-state index in [4.69, 9.17) is 10.8 Å². The third-order valence-corrected chi connectivity index (χ3v) is 2.32. The van der Waals surface area contributed by atoms with Gasteiger partial charge < -0.3 is 20.7 Å². The van der Waals surface area contributed by atoms with Gasteiger partial charge in [0.15, 0.2) is 5.69 Å². The number of nitrogens with two attached hydrogens (primary N) is 1. The number of aromatic carboxylic acids is 1. The van der Waals surface area contributed by atoms with Crippen LogP contribution < -0.4 is 11.1 Å². The number of amides is 1. The number of carbonyl (C=O) groups is 2. The fraction of sp³-hybridized carbons (Fsp3) is 0.500. The molecule has 0 saturated carbocycles. The van der Waals surface area contributed by atoms with Gasteiger partial charge in [-0.25, -0.2) is 9.78 Å². The highest BCUT2D eigenvalue weighted by molar-refractivity contribution is 5.84. The van der Waals surface area contributed by atoms with Crippen LogP contribution in [0.3, 0.4) is 0 Å². The molecule has 0 aromatic carbocycles. The normalized spacial score (nSPS) is 12.1. The second kappa shape index (κ2) is 6.00. The predicted molar refractivity (Wildman–Crippen MR) is 60.4 cm³/mol. The lowest BCUT2D eigenvalue weighted by molar-refractivity contribution is -0.124. The van der Waals surface area contributed by atoms with Crippen LogP contribution in [0.15, 0.2) is 12.5 Å². The van der Waals surface area contributed by atoms with E-state index in [1.165, 1.54) is 12.5 Å². The van der Waals surface area contributed by atoms with Gasteiger partial charge in [-0.15, -0.1) is 0 Å². The quantitative estimate of drug-likeness (QED) is 0.608. The van der Waals surface area contributed by atoms with Gasteiger partial charge in [-0.1, -0.05) is 6.92 Å². The molecule has 1 atom stereocenters. The summed E-state index contributed by atoms with van der Waals surface area (Å²) in [5.41, 5.74) is 5.34. The van der Waals surface area contributed by atoms with Crippen LogP contribution >= 0.6 is 0 Å². The van der Waals surface area contributed by atoms with E-state index in [-0.39, 0.29) is 17.5 Å². The van der Waals surface area contributed by atoms with Crippen LogP contribution in [0, 0.1) is 5.92 Å². The van der Waals surface area contributed by atoms with Crippen molar-refractivity contribution in [1.29, 1.82) is 0 Å². The number of imidazole rings is 1.